The molecule has 5 atom stereocenters. The Hall–Kier alpha value is -4.24. The molecular formula is C21H18O14. The molecular weight excluding hydrogens is 476 g/mol. The molecule has 0 radical (unpaired) electrons. The molecule has 0 aliphatic carbocycles. The molecule has 186 valence electrons. The Morgan fingerprint density at radius 1 is 0.857 bits per heavy atom. The van der Waals surface area contributed by atoms with Crippen molar-refractivity contribution in [2.24, 2.45) is 0 Å². The van der Waals surface area contributed by atoms with Gasteiger partial charge in [0.05, 0.1) is 0 Å². The lowest BCUT2D eigenvalue weighted by atomic mass is 9.99. The molecule has 1 fully saturated rings. The van der Waals surface area contributed by atoms with Crippen LogP contribution in [0.2, 0.25) is 0 Å². The van der Waals surface area contributed by atoms with Gasteiger partial charge >= 0.3 is 5.97 Å². The number of benzene rings is 2. The fourth-order valence-electron chi connectivity index (χ4n) is 3.57. The number of rotatable bonds is 4. The highest BCUT2D eigenvalue weighted by Gasteiger charge is 2.48. The molecule has 1 aliphatic rings. The summed E-state index contributed by atoms with van der Waals surface area (Å²) in [5, 5.41) is 88.2. The van der Waals surface area contributed by atoms with Gasteiger partial charge in [-0.15, -0.1) is 0 Å². The Labute approximate surface area is 193 Å². The topological polar surface area (TPSA) is 248 Å². The minimum Gasteiger partial charge on any atom is -0.508 e. The number of phenolic OH excluding ortho intramolecular Hbond substituents is 5. The first-order chi connectivity index (χ1) is 16.4. The Balaban J connectivity index is 1.94. The predicted octanol–water partition coefficient (Wildman–Crippen LogP) is -0.741. The number of fused-ring (bicyclic) bond motifs is 1. The van der Waals surface area contributed by atoms with E-state index in [9.17, 15) is 55.5 Å². The van der Waals surface area contributed by atoms with Crippen LogP contribution >= 0.6 is 0 Å². The van der Waals surface area contributed by atoms with E-state index < -0.39 is 87.7 Å². The van der Waals surface area contributed by atoms with Crippen LogP contribution in [0, 0.1) is 0 Å². The number of aliphatic hydroxyl groups is 3. The molecule has 0 saturated carbocycles. The van der Waals surface area contributed by atoms with Gasteiger partial charge in [-0.25, -0.2) is 4.79 Å². The molecule has 0 amide bonds. The number of carboxylic acid groups (broad SMARTS) is 1. The summed E-state index contributed by atoms with van der Waals surface area (Å²) >= 11 is 0. The molecule has 14 nitrogen and oxygen atoms in total. The molecule has 3 aromatic rings. The molecule has 0 spiro atoms. The molecule has 35 heavy (non-hydrogen) atoms. The Morgan fingerprint density at radius 3 is 2.09 bits per heavy atom. The number of aliphatic hydroxyl groups excluding tert-OH is 3. The van der Waals surface area contributed by atoms with E-state index in [1.54, 1.807) is 0 Å². The second-order valence-corrected chi connectivity index (χ2v) is 7.64. The summed E-state index contributed by atoms with van der Waals surface area (Å²) in [5.74, 6) is -6.98. The maximum atomic E-state index is 13.3. The van der Waals surface area contributed by atoms with Crippen molar-refractivity contribution in [2.75, 3.05) is 0 Å². The van der Waals surface area contributed by atoms with E-state index in [0.29, 0.717) is 0 Å². The fraction of sp³-hybridized carbons (Fsp3) is 0.238. The van der Waals surface area contributed by atoms with Crippen LogP contribution in [-0.2, 0) is 9.53 Å². The SMILES string of the molecule is O=C(O)[C@H]1O[C@@H](Oc2c(-c3cc(O)c(O)c(O)c3)oc3cc(O)cc(O)c3c2=O)[C@H](O)[C@H](O)[C@@H]1O. The number of ether oxygens (including phenoxy) is 2. The Morgan fingerprint density at radius 2 is 1.49 bits per heavy atom. The zero-order valence-corrected chi connectivity index (χ0v) is 17.3. The zero-order chi connectivity index (χ0) is 25.8. The molecule has 1 aromatic heterocycles. The Bertz CT molecular complexity index is 1360. The molecule has 9 N–H and O–H groups in total. The summed E-state index contributed by atoms with van der Waals surface area (Å²) in [4.78, 5) is 24.6. The highest BCUT2D eigenvalue weighted by atomic mass is 16.7. The first kappa shape index (κ1) is 23.9. The average Bonchev–Trinajstić information content (AvgIpc) is 2.77. The minimum atomic E-state index is -2.07. The third kappa shape index (κ3) is 4.00. The van der Waals surface area contributed by atoms with Gasteiger partial charge in [-0.3, -0.25) is 4.79 Å². The molecule has 0 bridgehead atoms. The van der Waals surface area contributed by atoms with E-state index in [1.165, 1.54) is 0 Å². The normalized spacial score (nSPS) is 24.4. The average molecular weight is 494 g/mol. The molecule has 1 aliphatic heterocycles. The van der Waals surface area contributed by atoms with Crippen molar-refractivity contribution in [2.45, 2.75) is 30.7 Å². The predicted molar refractivity (Wildman–Crippen MR) is 111 cm³/mol. The summed E-state index contributed by atoms with van der Waals surface area (Å²) in [5.41, 5.74) is -1.80. The maximum Gasteiger partial charge on any atom is 0.335 e. The number of aromatic hydroxyl groups is 5. The maximum absolute atomic E-state index is 13.3. The van der Waals surface area contributed by atoms with E-state index in [2.05, 4.69) is 0 Å². The number of phenols is 5. The van der Waals surface area contributed by atoms with Crippen LogP contribution in [-0.4, -0.2) is 82.6 Å². The third-order valence-electron chi connectivity index (χ3n) is 5.30. The van der Waals surface area contributed by atoms with Gasteiger partial charge in [0, 0.05) is 17.7 Å². The van der Waals surface area contributed by atoms with Crippen molar-refractivity contribution in [1.29, 1.82) is 0 Å². The van der Waals surface area contributed by atoms with Crippen LogP contribution in [0.5, 0.6) is 34.5 Å². The van der Waals surface area contributed by atoms with E-state index in [0.717, 1.165) is 24.3 Å². The van der Waals surface area contributed by atoms with Crippen molar-refractivity contribution in [1.82, 2.24) is 0 Å². The molecule has 0 unspecified atom stereocenters. The van der Waals surface area contributed by atoms with Crippen LogP contribution in [0.15, 0.2) is 33.5 Å². The van der Waals surface area contributed by atoms with Gasteiger partial charge in [-0.1, -0.05) is 0 Å². The van der Waals surface area contributed by atoms with Gasteiger partial charge in [0.25, 0.3) is 0 Å². The molecule has 14 heteroatoms. The van der Waals surface area contributed by atoms with Gasteiger partial charge in [-0.05, 0) is 12.1 Å². The second kappa shape index (κ2) is 8.52. The summed E-state index contributed by atoms with van der Waals surface area (Å²) in [6.45, 7) is 0. The van der Waals surface area contributed by atoms with Crippen molar-refractivity contribution in [3.63, 3.8) is 0 Å². The molecule has 4 rings (SSSR count). The Kier molecular flexibility index (Phi) is 5.82. The van der Waals surface area contributed by atoms with Crippen LogP contribution in [0.1, 0.15) is 0 Å². The molecule has 1 saturated heterocycles. The highest BCUT2D eigenvalue weighted by Crippen LogP contribution is 2.43. The van der Waals surface area contributed by atoms with Gasteiger partial charge in [0.1, 0.15) is 40.8 Å². The first-order valence-corrected chi connectivity index (χ1v) is 9.78. The number of hydrogen-bond acceptors (Lipinski definition) is 13. The molecule has 2 heterocycles. The smallest absolute Gasteiger partial charge is 0.335 e. The lowest BCUT2D eigenvalue weighted by Gasteiger charge is -2.38. The van der Waals surface area contributed by atoms with Crippen molar-refractivity contribution in [3.8, 4) is 45.8 Å². The first-order valence-electron chi connectivity index (χ1n) is 9.78. The van der Waals surface area contributed by atoms with E-state index in [1.807, 2.05) is 0 Å². The highest BCUT2D eigenvalue weighted by molar-refractivity contribution is 5.88. The monoisotopic (exact) mass is 494 g/mol. The minimum absolute atomic E-state index is 0.282. The summed E-state index contributed by atoms with van der Waals surface area (Å²) in [7, 11) is 0. The number of carbonyl (C=O) groups is 1. The number of carboxylic acids is 1. The van der Waals surface area contributed by atoms with Crippen molar-refractivity contribution < 1.29 is 64.6 Å². The van der Waals surface area contributed by atoms with Gasteiger partial charge in [-0.2, -0.15) is 0 Å². The van der Waals surface area contributed by atoms with Crippen LogP contribution in [0.3, 0.4) is 0 Å². The summed E-state index contributed by atoms with van der Waals surface area (Å²) < 4.78 is 15.9. The quantitative estimate of drug-likeness (QED) is 0.203. The summed E-state index contributed by atoms with van der Waals surface area (Å²) in [6, 6.07) is 3.47. The molecule has 2 aromatic carbocycles. The largest absolute Gasteiger partial charge is 0.508 e. The van der Waals surface area contributed by atoms with E-state index in [-0.39, 0.29) is 11.1 Å². The van der Waals surface area contributed by atoms with Crippen molar-refractivity contribution in [3.05, 3.63) is 34.5 Å². The van der Waals surface area contributed by atoms with E-state index >= 15 is 0 Å². The van der Waals surface area contributed by atoms with Gasteiger partial charge < -0.3 is 59.8 Å². The number of aliphatic carboxylic acids is 1. The lowest BCUT2D eigenvalue weighted by Crippen LogP contribution is -2.61. The van der Waals surface area contributed by atoms with Gasteiger partial charge in [0.2, 0.25) is 17.5 Å². The van der Waals surface area contributed by atoms with Crippen molar-refractivity contribution >= 4 is 16.9 Å². The number of hydrogen-bond donors (Lipinski definition) is 9. The second-order valence-electron chi connectivity index (χ2n) is 7.64. The standard InChI is InChI=1S/C21H18O14/c22-6-3-7(23)11-10(4-6)33-17(5-1-8(24)12(26)9(25)2-5)18(13(11)27)34-21-16(30)14(28)15(29)19(35-21)20(31)32/h1-4,14-16,19,21-26,28-30H,(H,31,32)/t14-,15+,16-,19+,21-/m1/s1. The van der Waals surface area contributed by atoms with Crippen LogP contribution in [0.4, 0.5) is 0 Å². The van der Waals surface area contributed by atoms with E-state index in [4.69, 9.17) is 13.9 Å². The summed E-state index contributed by atoms with van der Waals surface area (Å²) in [6.07, 6.45) is -10.3. The lowest BCUT2D eigenvalue weighted by molar-refractivity contribution is -0.271. The zero-order valence-electron chi connectivity index (χ0n) is 17.3. The van der Waals surface area contributed by atoms with Crippen LogP contribution in [0.25, 0.3) is 22.3 Å². The fourth-order valence-corrected chi connectivity index (χ4v) is 3.57. The van der Waals surface area contributed by atoms with Crippen LogP contribution < -0.4 is 10.2 Å². The third-order valence-corrected chi connectivity index (χ3v) is 5.30. The van der Waals surface area contributed by atoms with Gasteiger partial charge in [0.15, 0.2) is 29.1 Å².